The van der Waals surface area contributed by atoms with Gasteiger partial charge in [-0.05, 0) is 12.1 Å². The molecule has 0 nitrogen and oxygen atoms in total. The molecule has 0 heterocycles. The van der Waals surface area contributed by atoms with Crippen LogP contribution in [-0.4, -0.2) is 7.85 Å². The number of rotatable bonds is 0. The molecule has 0 bridgehead atoms. The molecule has 0 amide bonds. The first-order chi connectivity index (χ1) is 5.39. The highest BCUT2D eigenvalue weighted by molar-refractivity contribution is 6.32. The first-order valence-corrected chi connectivity index (χ1v) is 3.03. The van der Waals surface area contributed by atoms with E-state index >= 15 is 0 Å². The van der Waals surface area contributed by atoms with Crippen molar-refractivity contribution in [2.45, 2.75) is 6.18 Å². The maximum absolute atomic E-state index is 12.4. The largest absolute Gasteiger partial charge is 0.416 e. The summed E-state index contributed by atoms with van der Waals surface area (Å²) < 4.78 is 48.2. The van der Waals surface area contributed by atoms with Gasteiger partial charge in [0.05, 0.1) is 5.56 Å². The first-order valence-electron chi connectivity index (χ1n) is 3.03. The van der Waals surface area contributed by atoms with Crippen LogP contribution in [0.25, 0.3) is 0 Å². The topological polar surface area (TPSA) is 0 Å². The van der Waals surface area contributed by atoms with Crippen molar-refractivity contribution < 1.29 is 17.6 Å². The normalized spacial score (nSPS) is 11.7. The van der Waals surface area contributed by atoms with Crippen molar-refractivity contribution in [3.8, 4) is 0 Å². The minimum atomic E-state index is -4.55. The zero-order valence-corrected chi connectivity index (χ0v) is 5.82. The van der Waals surface area contributed by atoms with E-state index in [-0.39, 0.29) is 5.46 Å². The molecule has 1 rings (SSSR count). The first kappa shape index (κ1) is 9.10. The van der Waals surface area contributed by atoms with Gasteiger partial charge < -0.3 is 0 Å². The van der Waals surface area contributed by atoms with Crippen LogP contribution in [0.2, 0.25) is 0 Å². The highest BCUT2D eigenvalue weighted by Gasteiger charge is 2.30. The van der Waals surface area contributed by atoms with Crippen LogP contribution >= 0.6 is 0 Å². The number of halogens is 4. The van der Waals surface area contributed by atoms with E-state index < -0.39 is 17.6 Å². The number of alkyl halides is 3. The van der Waals surface area contributed by atoms with Crippen molar-refractivity contribution in [1.82, 2.24) is 0 Å². The molecule has 1 aromatic carbocycles. The third-order valence-electron chi connectivity index (χ3n) is 1.25. The quantitative estimate of drug-likeness (QED) is 0.414. The van der Waals surface area contributed by atoms with Gasteiger partial charge in [-0.1, -0.05) is 11.5 Å². The van der Waals surface area contributed by atoms with Gasteiger partial charge in [0.1, 0.15) is 13.7 Å². The van der Waals surface area contributed by atoms with E-state index in [4.69, 9.17) is 7.85 Å². The molecule has 0 aromatic heterocycles. The van der Waals surface area contributed by atoms with Gasteiger partial charge in [-0.15, -0.1) is 0 Å². The van der Waals surface area contributed by atoms with Crippen LogP contribution in [0.4, 0.5) is 17.6 Å². The predicted octanol–water partition coefficient (Wildman–Crippen LogP) is 1.64. The second-order valence-electron chi connectivity index (χ2n) is 2.27. The second kappa shape index (κ2) is 2.81. The molecule has 12 heavy (non-hydrogen) atoms. The van der Waals surface area contributed by atoms with E-state index in [2.05, 4.69) is 0 Å². The molecule has 0 aliphatic carbocycles. The molecule has 0 fully saturated rings. The summed E-state index contributed by atoms with van der Waals surface area (Å²) in [6.07, 6.45) is -4.55. The summed E-state index contributed by atoms with van der Waals surface area (Å²) in [5.41, 5.74) is -1.30. The van der Waals surface area contributed by atoms with Gasteiger partial charge in [0.2, 0.25) is 0 Å². The van der Waals surface area contributed by atoms with Crippen molar-refractivity contribution >= 4 is 13.3 Å². The molecule has 0 saturated heterocycles. The number of hydrogen-bond donors (Lipinski definition) is 0. The lowest BCUT2D eigenvalue weighted by atomic mass is 9.94. The highest BCUT2D eigenvalue weighted by Crippen LogP contribution is 2.28. The third kappa shape index (κ3) is 2.00. The molecule has 0 aliphatic rings. The van der Waals surface area contributed by atoms with Crippen molar-refractivity contribution in [1.29, 1.82) is 0 Å². The average molecular weight is 174 g/mol. The Bertz CT molecular complexity index is 272. The summed E-state index contributed by atoms with van der Waals surface area (Å²) in [5, 5.41) is 0. The average Bonchev–Trinajstić information content (AvgIpc) is 1.82. The lowest BCUT2D eigenvalue weighted by Gasteiger charge is -2.07. The minimum absolute atomic E-state index is 0.234. The zero-order valence-electron chi connectivity index (χ0n) is 5.82. The maximum atomic E-state index is 12.4. The van der Waals surface area contributed by atoms with Crippen LogP contribution in [0.5, 0.6) is 0 Å². The lowest BCUT2D eigenvalue weighted by molar-refractivity contribution is -0.137. The number of hydrogen-bond acceptors (Lipinski definition) is 0. The Balaban J connectivity index is 3.18. The fourth-order valence-electron chi connectivity index (χ4n) is 0.776. The van der Waals surface area contributed by atoms with Gasteiger partial charge in [-0.3, -0.25) is 0 Å². The molecular formula is C7H3BF4. The monoisotopic (exact) mass is 174 g/mol. The highest BCUT2D eigenvalue weighted by atomic mass is 19.4. The van der Waals surface area contributed by atoms with E-state index in [0.29, 0.717) is 12.1 Å². The molecule has 0 aliphatic heterocycles. The smallest absolute Gasteiger partial charge is 0.207 e. The van der Waals surface area contributed by atoms with Gasteiger partial charge in [0.25, 0.3) is 0 Å². The van der Waals surface area contributed by atoms with Crippen molar-refractivity contribution in [2.75, 3.05) is 0 Å². The van der Waals surface area contributed by atoms with Gasteiger partial charge in [-0.25, -0.2) is 4.39 Å². The third-order valence-corrected chi connectivity index (χ3v) is 1.25. The molecule has 5 heteroatoms. The summed E-state index contributed by atoms with van der Waals surface area (Å²) in [4.78, 5) is 0. The molecule has 0 atom stereocenters. The Morgan fingerprint density at radius 1 is 1.08 bits per heavy atom. The van der Waals surface area contributed by atoms with Crippen molar-refractivity contribution in [3.05, 3.63) is 29.6 Å². The maximum Gasteiger partial charge on any atom is 0.416 e. The fraction of sp³-hybridized carbons (Fsp3) is 0.143. The Hall–Kier alpha value is -0.995. The van der Waals surface area contributed by atoms with Crippen LogP contribution in [0.15, 0.2) is 18.2 Å². The van der Waals surface area contributed by atoms with E-state index in [1.165, 1.54) is 0 Å². The summed E-state index contributed by atoms with van der Waals surface area (Å²) in [7, 11) is 5.02. The van der Waals surface area contributed by atoms with Crippen LogP contribution < -0.4 is 5.46 Å². The molecule has 0 unspecified atom stereocenters. The van der Waals surface area contributed by atoms with E-state index in [9.17, 15) is 17.6 Å². The lowest BCUT2D eigenvalue weighted by Crippen LogP contribution is -2.12. The van der Waals surface area contributed by atoms with Gasteiger partial charge >= 0.3 is 6.18 Å². The van der Waals surface area contributed by atoms with Crippen molar-refractivity contribution in [2.24, 2.45) is 0 Å². The molecule has 0 saturated carbocycles. The Morgan fingerprint density at radius 3 is 2.08 bits per heavy atom. The predicted molar refractivity (Wildman–Crippen MR) is 36.8 cm³/mol. The molecular weight excluding hydrogens is 171 g/mol. The molecule has 0 spiro atoms. The number of benzene rings is 1. The van der Waals surface area contributed by atoms with Crippen LogP contribution in [0.1, 0.15) is 5.56 Å². The second-order valence-corrected chi connectivity index (χ2v) is 2.27. The van der Waals surface area contributed by atoms with Gasteiger partial charge in [0.15, 0.2) is 0 Å². The standard InChI is InChI=1S/C7H3BF4/c8-5-1-4(7(10,11)12)2-6(9)3-5/h1-3H. The molecule has 2 radical (unpaired) electrons. The fourth-order valence-corrected chi connectivity index (χ4v) is 0.776. The summed E-state index contributed by atoms with van der Waals surface area (Å²) >= 11 is 0. The SMILES string of the molecule is [B]c1cc(F)cc(C(F)(F)F)c1. The van der Waals surface area contributed by atoms with Crippen LogP contribution in [0.3, 0.4) is 0 Å². The van der Waals surface area contributed by atoms with E-state index in [0.717, 1.165) is 6.07 Å². The molecule has 1 aromatic rings. The van der Waals surface area contributed by atoms with Crippen LogP contribution in [0, 0.1) is 5.82 Å². The van der Waals surface area contributed by atoms with Crippen LogP contribution in [-0.2, 0) is 6.18 Å². The summed E-state index contributed by atoms with van der Waals surface area (Å²) in [6, 6.07) is 1.91. The van der Waals surface area contributed by atoms with Gasteiger partial charge in [-0.2, -0.15) is 13.2 Å². The van der Waals surface area contributed by atoms with Gasteiger partial charge in [0, 0.05) is 0 Å². The van der Waals surface area contributed by atoms with E-state index in [1.54, 1.807) is 0 Å². The Morgan fingerprint density at radius 2 is 1.67 bits per heavy atom. The summed E-state index contributed by atoms with van der Waals surface area (Å²) in [5.74, 6) is -0.984. The van der Waals surface area contributed by atoms with Crippen molar-refractivity contribution in [3.63, 3.8) is 0 Å². The minimum Gasteiger partial charge on any atom is -0.207 e. The molecule has 0 N–H and O–H groups in total. The zero-order chi connectivity index (χ0) is 9.35. The molecule has 62 valence electrons. The van der Waals surface area contributed by atoms with E-state index in [1.807, 2.05) is 0 Å². The Kier molecular flexibility index (Phi) is 2.13. The summed E-state index contributed by atoms with van der Waals surface area (Å²) in [6.45, 7) is 0. The Labute approximate surface area is 67.6 Å².